The Kier molecular flexibility index (Phi) is 9.71. The number of aryl methyl sites for hydroxylation is 2. The number of benzene rings is 1. The summed E-state index contributed by atoms with van der Waals surface area (Å²) >= 11 is 0. The Hall–Kier alpha value is -3.89. The van der Waals surface area contributed by atoms with Crippen LogP contribution in [0.1, 0.15) is 70.0 Å². The van der Waals surface area contributed by atoms with Gasteiger partial charge in [-0.1, -0.05) is 69.1 Å². The molecule has 3 rings (SSSR count). The Morgan fingerprint density at radius 3 is 2.46 bits per heavy atom. The number of nitrogens with zero attached hydrogens (tertiary/aromatic N) is 2. The van der Waals surface area contributed by atoms with Gasteiger partial charge in [0.2, 0.25) is 5.78 Å². The highest BCUT2D eigenvalue weighted by molar-refractivity contribution is 6.38. The largest absolute Gasteiger partial charge is 0.444 e. The van der Waals surface area contributed by atoms with Crippen molar-refractivity contribution >= 4 is 29.5 Å². The monoisotopic (exact) mass is 541 g/mol. The minimum absolute atomic E-state index is 0.165. The zero-order valence-corrected chi connectivity index (χ0v) is 23.5. The maximum Gasteiger partial charge on any atom is 0.408 e. The predicted octanol–water partition coefficient (Wildman–Crippen LogP) is 4.27. The fraction of sp³-hybridized carbons (Fsp3) is 0.536. The van der Waals surface area contributed by atoms with E-state index >= 15 is 0 Å². The van der Waals surface area contributed by atoms with Crippen molar-refractivity contribution < 1.29 is 28.4 Å². The van der Waals surface area contributed by atoms with Crippen molar-refractivity contribution in [1.82, 2.24) is 20.7 Å². The Labute approximate surface area is 229 Å². The molecular formula is C28H39N5O6. The summed E-state index contributed by atoms with van der Waals surface area (Å²) in [5.41, 5.74) is 1.40. The number of ketones is 1. The van der Waals surface area contributed by atoms with Gasteiger partial charge in [-0.15, -0.1) is 0 Å². The minimum Gasteiger partial charge on any atom is -0.444 e. The van der Waals surface area contributed by atoms with Crippen molar-refractivity contribution in [3.8, 4) is 0 Å². The number of urea groups is 1. The smallest absolute Gasteiger partial charge is 0.408 e. The molecule has 3 N–H and O–H groups in total. The third-order valence-electron chi connectivity index (χ3n) is 6.98. The molecule has 1 saturated heterocycles. The van der Waals surface area contributed by atoms with Gasteiger partial charge in [-0.2, -0.15) is 0 Å². The van der Waals surface area contributed by atoms with E-state index in [9.17, 15) is 19.2 Å². The van der Waals surface area contributed by atoms with Crippen molar-refractivity contribution in [2.45, 2.75) is 79.0 Å². The second-order valence-corrected chi connectivity index (χ2v) is 10.7. The summed E-state index contributed by atoms with van der Waals surface area (Å²) in [6.45, 7) is 11.5. The van der Waals surface area contributed by atoms with Crippen LogP contribution in [0.3, 0.4) is 0 Å². The van der Waals surface area contributed by atoms with Crippen LogP contribution in [0.2, 0.25) is 0 Å². The van der Waals surface area contributed by atoms with Crippen LogP contribution in [0, 0.1) is 19.3 Å². The molecule has 39 heavy (non-hydrogen) atoms. The molecule has 1 aromatic heterocycles. The number of ether oxygens (including phenoxy) is 1. The lowest BCUT2D eigenvalue weighted by Crippen LogP contribution is -2.49. The SMILES string of the molecule is CCCC[C@H](NC(=O)O[C@@H]1CN(C(=O)Nc2c(C)noc2C)CC1(C)C)C(=O)C(=O)N[C@H](C)c1ccccc1. The third kappa shape index (κ3) is 7.58. The van der Waals surface area contributed by atoms with Crippen molar-refractivity contribution in [2.75, 3.05) is 18.4 Å². The maximum atomic E-state index is 13.0. The number of alkyl carbamates (subject to hydrolysis) is 1. The molecule has 1 aromatic carbocycles. The highest BCUT2D eigenvalue weighted by Gasteiger charge is 2.44. The van der Waals surface area contributed by atoms with Gasteiger partial charge in [-0.25, -0.2) is 9.59 Å². The van der Waals surface area contributed by atoms with Crippen LogP contribution in [-0.2, 0) is 14.3 Å². The van der Waals surface area contributed by atoms with E-state index in [1.807, 2.05) is 51.1 Å². The molecule has 1 aliphatic rings. The number of anilines is 1. The molecule has 0 spiro atoms. The molecule has 3 atom stereocenters. The van der Waals surface area contributed by atoms with Crippen LogP contribution in [-0.4, -0.2) is 59.1 Å². The Balaban J connectivity index is 1.60. The van der Waals surface area contributed by atoms with Crippen LogP contribution in [0.15, 0.2) is 34.9 Å². The Morgan fingerprint density at radius 1 is 1.15 bits per heavy atom. The number of hydrogen-bond acceptors (Lipinski definition) is 7. The fourth-order valence-corrected chi connectivity index (χ4v) is 4.54. The number of likely N-dealkylation sites (tertiary alicyclic amines) is 1. The average molecular weight is 542 g/mol. The standard InChI is InChI=1S/C28H39N5O6/c1-7-8-14-21(24(34)25(35)29-17(2)20-12-10-9-11-13-20)30-27(37)38-22-15-33(16-28(22,5)6)26(36)31-23-18(3)32-39-19(23)4/h9-13,17,21-22H,7-8,14-16H2,1-6H3,(H,29,35)(H,30,37)(H,31,36)/t17-,21+,22-/m1/s1. The Morgan fingerprint density at radius 2 is 1.85 bits per heavy atom. The molecule has 11 heteroatoms. The number of amides is 4. The number of carbonyl (C=O) groups is 4. The van der Waals surface area contributed by atoms with E-state index < -0.39 is 35.3 Å². The van der Waals surface area contributed by atoms with Gasteiger partial charge >= 0.3 is 12.1 Å². The van der Waals surface area contributed by atoms with Crippen molar-refractivity contribution in [3.05, 3.63) is 47.3 Å². The van der Waals surface area contributed by atoms with E-state index in [1.165, 1.54) is 0 Å². The molecule has 0 saturated carbocycles. The normalized spacial score (nSPS) is 17.7. The fourth-order valence-electron chi connectivity index (χ4n) is 4.54. The molecular weight excluding hydrogens is 502 g/mol. The van der Waals surface area contributed by atoms with E-state index in [4.69, 9.17) is 9.26 Å². The Bertz CT molecular complexity index is 1160. The molecule has 0 unspecified atom stereocenters. The molecule has 0 aliphatic carbocycles. The van der Waals surface area contributed by atoms with Crippen LogP contribution < -0.4 is 16.0 Å². The summed E-state index contributed by atoms with van der Waals surface area (Å²) in [7, 11) is 0. The summed E-state index contributed by atoms with van der Waals surface area (Å²) in [4.78, 5) is 53.1. The zero-order valence-electron chi connectivity index (χ0n) is 23.5. The number of Topliss-reactive ketones (excluding diaryl/α,β-unsaturated/α-hetero) is 1. The van der Waals surface area contributed by atoms with Crippen LogP contribution in [0.4, 0.5) is 15.3 Å². The van der Waals surface area contributed by atoms with E-state index in [2.05, 4.69) is 21.1 Å². The van der Waals surface area contributed by atoms with Crippen LogP contribution >= 0.6 is 0 Å². The number of rotatable bonds is 10. The molecule has 11 nitrogen and oxygen atoms in total. The first kappa shape index (κ1) is 29.7. The number of aromatic nitrogens is 1. The lowest BCUT2D eigenvalue weighted by molar-refractivity contribution is -0.139. The molecule has 212 valence electrons. The first-order valence-electron chi connectivity index (χ1n) is 13.3. The molecule has 1 aliphatic heterocycles. The number of nitrogens with one attached hydrogen (secondary N) is 3. The number of unbranched alkanes of at least 4 members (excludes halogenated alkanes) is 1. The highest BCUT2D eigenvalue weighted by atomic mass is 16.6. The van der Waals surface area contributed by atoms with Crippen molar-refractivity contribution in [2.24, 2.45) is 5.41 Å². The topological polar surface area (TPSA) is 143 Å². The summed E-state index contributed by atoms with van der Waals surface area (Å²) in [6, 6.07) is 7.55. The lowest BCUT2D eigenvalue weighted by Gasteiger charge is -2.26. The quantitative estimate of drug-likeness (QED) is 0.381. The van der Waals surface area contributed by atoms with Crippen molar-refractivity contribution in [3.63, 3.8) is 0 Å². The van der Waals surface area contributed by atoms with E-state index in [-0.39, 0.29) is 18.6 Å². The molecule has 0 radical (unpaired) electrons. The maximum absolute atomic E-state index is 13.0. The zero-order chi connectivity index (χ0) is 28.7. The van der Waals surface area contributed by atoms with Crippen LogP contribution in [0.25, 0.3) is 0 Å². The second-order valence-electron chi connectivity index (χ2n) is 10.7. The molecule has 1 fully saturated rings. The number of hydrogen-bond donors (Lipinski definition) is 3. The second kappa shape index (κ2) is 12.8. The van der Waals surface area contributed by atoms with E-state index in [1.54, 1.807) is 25.7 Å². The molecule has 0 bridgehead atoms. The van der Waals surface area contributed by atoms with Gasteiger partial charge in [-0.05, 0) is 32.8 Å². The van der Waals surface area contributed by atoms with E-state index in [0.717, 1.165) is 12.0 Å². The van der Waals surface area contributed by atoms with Gasteiger partial charge in [0.05, 0.1) is 12.6 Å². The first-order valence-corrected chi connectivity index (χ1v) is 13.3. The molecule has 4 amide bonds. The third-order valence-corrected chi connectivity index (χ3v) is 6.98. The van der Waals surface area contributed by atoms with Crippen molar-refractivity contribution in [1.29, 1.82) is 0 Å². The average Bonchev–Trinajstić information content (AvgIpc) is 3.38. The summed E-state index contributed by atoms with van der Waals surface area (Å²) in [6.07, 6.45) is 0.300. The van der Waals surface area contributed by atoms with Gasteiger partial charge in [0, 0.05) is 12.0 Å². The van der Waals surface area contributed by atoms with E-state index in [0.29, 0.717) is 36.5 Å². The van der Waals surface area contributed by atoms with Gasteiger partial charge in [-0.3, -0.25) is 9.59 Å². The van der Waals surface area contributed by atoms with Gasteiger partial charge in [0.15, 0.2) is 5.76 Å². The number of carbonyl (C=O) groups excluding carboxylic acids is 4. The summed E-state index contributed by atoms with van der Waals surface area (Å²) < 4.78 is 10.8. The summed E-state index contributed by atoms with van der Waals surface area (Å²) in [5.74, 6) is -0.998. The minimum atomic E-state index is -1.02. The predicted molar refractivity (Wildman–Crippen MR) is 145 cm³/mol. The van der Waals surface area contributed by atoms with Crippen LogP contribution in [0.5, 0.6) is 0 Å². The first-order chi connectivity index (χ1) is 18.4. The molecule has 2 heterocycles. The lowest BCUT2D eigenvalue weighted by atomic mass is 9.90. The molecule has 2 aromatic rings. The summed E-state index contributed by atoms with van der Waals surface area (Å²) in [5, 5.41) is 12.0. The van der Waals surface area contributed by atoms with Gasteiger partial charge in [0.1, 0.15) is 23.5 Å². The van der Waals surface area contributed by atoms with Gasteiger partial charge in [0.25, 0.3) is 5.91 Å². The highest BCUT2D eigenvalue weighted by Crippen LogP contribution is 2.33. The van der Waals surface area contributed by atoms with Gasteiger partial charge < -0.3 is 30.1 Å².